The molecule has 2 unspecified atom stereocenters. The molecule has 1 aliphatic rings. The van der Waals surface area contributed by atoms with Gasteiger partial charge in [0, 0.05) is 24.2 Å². The Hall–Kier alpha value is -1.30. The summed E-state index contributed by atoms with van der Waals surface area (Å²) in [4.78, 5) is 16.8. The summed E-state index contributed by atoms with van der Waals surface area (Å²) in [6.45, 7) is 3.77. The molecule has 0 saturated carbocycles. The summed E-state index contributed by atoms with van der Waals surface area (Å²) in [5, 5.41) is 3.42. The molecule has 1 aromatic rings. The molecule has 0 aliphatic carbocycles. The maximum Gasteiger partial charge on any atom is 0.241 e. The van der Waals surface area contributed by atoms with E-state index in [1.165, 1.54) is 0 Å². The van der Waals surface area contributed by atoms with Crippen molar-refractivity contribution >= 4 is 28.9 Å². The number of likely N-dealkylation sites (N-methyl/N-ethyl adjacent to an activating group) is 1. The maximum absolute atomic E-state index is 12.4. The maximum atomic E-state index is 12.4. The van der Waals surface area contributed by atoms with E-state index in [1.54, 1.807) is 18.2 Å². The van der Waals surface area contributed by atoms with Crippen LogP contribution in [0.2, 0.25) is 5.02 Å². The number of benzene rings is 1. The molecule has 116 valence electrons. The fraction of sp³-hybridized carbons (Fsp3) is 0.533. The van der Waals surface area contributed by atoms with E-state index in [1.807, 2.05) is 6.92 Å². The molecule has 2 rings (SSSR count). The minimum Gasteiger partial charge on any atom is -0.397 e. The monoisotopic (exact) mass is 310 g/mol. The van der Waals surface area contributed by atoms with Crippen LogP contribution in [0.1, 0.15) is 13.3 Å². The van der Waals surface area contributed by atoms with Crippen molar-refractivity contribution in [3.05, 3.63) is 23.2 Å². The Morgan fingerprint density at radius 2 is 2.24 bits per heavy atom. The van der Waals surface area contributed by atoms with Crippen molar-refractivity contribution in [1.29, 1.82) is 0 Å². The fourth-order valence-corrected chi connectivity index (χ4v) is 2.75. The van der Waals surface area contributed by atoms with Crippen LogP contribution in [0.5, 0.6) is 0 Å². The van der Waals surface area contributed by atoms with Crippen LogP contribution >= 0.6 is 11.6 Å². The van der Waals surface area contributed by atoms with E-state index in [0.29, 0.717) is 22.4 Å². The van der Waals surface area contributed by atoms with Gasteiger partial charge in [0.15, 0.2) is 0 Å². The number of hydrogen-bond donors (Lipinski definition) is 2. The molecule has 1 aromatic carbocycles. The van der Waals surface area contributed by atoms with Crippen molar-refractivity contribution in [1.82, 2.24) is 9.80 Å². The van der Waals surface area contributed by atoms with Gasteiger partial charge in [0.1, 0.15) is 0 Å². The third kappa shape index (κ3) is 3.87. The van der Waals surface area contributed by atoms with Crippen molar-refractivity contribution in [2.24, 2.45) is 0 Å². The average Bonchev–Trinajstić information content (AvgIpc) is 2.91. The fourth-order valence-electron chi connectivity index (χ4n) is 2.58. The number of halogens is 1. The van der Waals surface area contributed by atoms with Gasteiger partial charge >= 0.3 is 0 Å². The van der Waals surface area contributed by atoms with Crippen LogP contribution in [-0.2, 0) is 4.79 Å². The van der Waals surface area contributed by atoms with Crippen molar-refractivity contribution in [2.75, 3.05) is 38.2 Å². The SMILES string of the molecule is CC(C(=O)Nc1cc(Cl)ccc1N)N1CCC(N(C)C)C1. The number of anilines is 2. The first-order valence-electron chi connectivity index (χ1n) is 7.15. The van der Waals surface area contributed by atoms with Gasteiger partial charge in [0.25, 0.3) is 0 Å². The van der Waals surface area contributed by atoms with E-state index >= 15 is 0 Å². The Bertz CT molecular complexity index is 520. The smallest absolute Gasteiger partial charge is 0.241 e. The van der Waals surface area contributed by atoms with Crippen molar-refractivity contribution in [3.8, 4) is 0 Å². The molecule has 0 radical (unpaired) electrons. The number of amides is 1. The zero-order valence-corrected chi connectivity index (χ0v) is 13.5. The summed E-state index contributed by atoms with van der Waals surface area (Å²) in [6, 6.07) is 5.40. The van der Waals surface area contributed by atoms with Gasteiger partial charge < -0.3 is 16.0 Å². The van der Waals surface area contributed by atoms with Gasteiger partial charge in [0.2, 0.25) is 5.91 Å². The average molecular weight is 311 g/mol. The molecular weight excluding hydrogens is 288 g/mol. The Balaban J connectivity index is 1.99. The zero-order valence-electron chi connectivity index (χ0n) is 12.8. The quantitative estimate of drug-likeness (QED) is 0.834. The van der Waals surface area contributed by atoms with E-state index in [0.717, 1.165) is 19.5 Å². The molecular formula is C15H23ClN4O. The normalized spacial score (nSPS) is 20.7. The minimum absolute atomic E-state index is 0.0524. The molecule has 3 N–H and O–H groups in total. The van der Waals surface area contributed by atoms with Crippen LogP contribution < -0.4 is 11.1 Å². The van der Waals surface area contributed by atoms with Gasteiger partial charge in [-0.15, -0.1) is 0 Å². The molecule has 0 aromatic heterocycles. The van der Waals surface area contributed by atoms with Gasteiger partial charge in [-0.2, -0.15) is 0 Å². The van der Waals surface area contributed by atoms with Crippen LogP contribution in [0, 0.1) is 0 Å². The molecule has 1 saturated heterocycles. The highest BCUT2D eigenvalue weighted by atomic mass is 35.5. The predicted molar refractivity (Wildman–Crippen MR) is 87.6 cm³/mol. The number of carbonyl (C=O) groups excluding carboxylic acids is 1. The number of nitrogens with zero attached hydrogens (tertiary/aromatic N) is 2. The molecule has 0 spiro atoms. The lowest BCUT2D eigenvalue weighted by atomic mass is 10.2. The third-order valence-corrected chi connectivity index (χ3v) is 4.36. The lowest BCUT2D eigenvalue weighted by molar-refractivity contribution is -0.120. The molecule has 1 fully saturated rings. The predicted octanol–water partition coefficient (Wildman–Crippen LogP) is 1.89. The molecule has 1 amide bonds. The molecule has 1 heterocycles. The second-order valence-electron chi connectivity index (χ2n) is 5.80. The number of rotatable bonds is 4. The van der Waals surface area contributed by atoms with Crippen LogP contribution in [0.25, 0.3) is 0 Å². The summed E-state index contributed by atoms with van der Waals surface area (Å²) in [7, 11) is 4.15. The van der Waals surface area contributed by atoms with E-state index in [4.69, 9.17) is 17.3 Å². The van der Waals surface area contributed by atoms with Crippen LogP contribution in [0.15, 0.2) is 18.2 Å². The van der Waals surface area contributed by atoms with Gasteiger partial charge in [0.05, 0.1) is 17.4 Å². The lowest BCUT2D eigenvalue weighted by Crippen LogP contribution is -2.42. The zero-order chi connectivity index (χ0) is 15.6. The number of hydrogen-bond acceptors (Lipinski definition) is 4. The Labute approximate surface area is 131 Å². The Morgan fingerprint density at radius 1 is 1.52 bits per heavy atom. The standard InChI is InChI=1S/C15H23ClN4O/c1-10(20-7-6-12(9-20)19(2)3)15(21)18-14-8-11(16)4-5-13(14)17/h4-5,8,10,12H,6-7,9,17H2,1-3H3,(H,18,21). The molecule has 2 atom stereocenters. The number of likely N-dealkylation sites (tertiary alicyclic amines) is 1. The Morgan fingerprint density at radius 3 is 2.86 bits per heavy atom. The second-order valence-corrected chi connectivity index (χ2v) is 6.23. The first-order valence-corrected chi connectivity index (χ1v) is 7.52. The highest BCUT2D eigenvalue weighted by molar-refractivity contribution is 6.31. The van der Waals surface area contributed by atoms with Crippen LogP contribution in [-0.4, -0.2) is 55.0 Å². The topological polar surface area (TPSA) is 61.6 Å². The molecule has 21 heavy (non-hydrogen) atoms. The van der Waals surface area contributed by atoms with Crippen molar-refractivity contribution in [2.45, 2.75) is 25.4 Å². The second kappa shape index (κ2) is 6.64. The highest BCUT2D eigenvalue weighted by Crippen LogP contribution is 2.24. The van der Waals surface area contributed by atoms with Gasteiger partial charge in [-0.25, -0.2) is 0 Å². The molecule has 0 bridgehead atoms. The number of nitrogen functional groups attached to an aromatic ring is 1. The molecule has 5 nitrogen and oxygen atoms in total. The molecule has 1 aliphatic heterocycles. The van der Waals surface area contributed by atoms with E-state index in [9.17, 15) is 4.79 Å². The van der Waals surface area contributed by atoms with E-state index in [2.05, 4.69) is 29.2 Å². The van der Waals surface area contributed by atoms with Crippen molar-refractivity contribution in [3.63, 3.8) is 0 Å². The van der Waals surface area contributed by atoms with E-state index < -0.39 is 0 Å². The lowest BCUT2D eigenvalue weighted by Gasteiger charge is -2.25. The third-order valence-electron chi connectivity index (χ3n) is 4.13. The van der Waals surface area contributed by atoms with Crippen LogP contribution in [0.3, 0.4) is 0 Å². The van der Waals surface area contributed by atoms with Gasteiger partial charge in [-0.3, -0.25) is 9.69 Å². The summed E-state index contributed by atoms with van der Waals surface area (Å²) >= 11 is 5.94. The summed E-state index contributed by atoms with van der Waals surface area (Å²) in [6.07, 6.45) is 1.09. The summed E-state index contributed by atoms with van der Waals surface area (Å²) in [5.74, 6) is -0.0524. The van der Waals surface area contributed by atoms with Gasteiger partial charge in [-0.1, -0.05) is 11.6 Å². The van der Waals surface area contributed by atoms with Gasteiger partial charge in [-0.05, 0) is 45.6 Å². The molecule has 6 heteroatoms. The largest absolute Gasteiger partial charge is 0.397 e. The van der Waals surface area contributed by atoms with E-state index in [-0.39, 0.29) is 11.9 Å². The summed E-state index contributed by atoms with van der Waals surface area (Å²) in [5.41, 5.74) is 6.95. The number of carbonyl (C=O) groups is 1. The Kier molecular flexibility index (Phi) is 5.08. The van der Waals surface area contributed by atoms with Crippen molar-refractivity contribution < 1.29 is 4.79 Å². The number of nitrogens with two attached hydrogens (primary N) is 1. The first kappa shape index (κ1) is 16.1. The summed E-state index contributed by atoms with van der Waals surface area (Å²) < 4.78 is 0. The first-order chi connectivity index (χ1) is 9.88. The highest BCUT2D eigenvalue weighted by Gasteiger charge is 2.30. The van der Waals surface area contributed by atoms with Crippen LogP contribution in [0.4, 0.5) is 11.4 Å². The minimum atomic E-state index is -0.187. The number of nitrogens with one attached hydrogen (secondary N) is 1.